The maximum Gasteiger partial charge on any atom is 0.219 e. The molecule has 1 saturated heterocycles. The Bertz CT molecular complexity index is 795. The number of nitrogens with zero attached hydrogens (tertiary/aromatic N) is 4. The molecule has 0 unspecified atom stereocenters. The minimum absolute atomic E-state index is 0.133. The molecule has 24 heavy (non-hydrogen) atoms. The topological polar surface area (TPSA) is 70.3 Å². The first-order valence-corrected chi connectivity index (χ1v) is 8.31. The average molecular weight is 347 g/mol. The summed E-state index contributed by atoms with van der Waals surface area (Å²) in [5.74, 6) is 2.48. The number of carbonyl (C=O) groups is 1. The van der Waals surface area contributed by atoms with Crippen molar-refractivity contribution in [3.8, 4) is 0 Å². The SMILES string of the molecule is CC(=O)N1CCN(Cn2[nH]c(/C=C/c3ccc(C)o3)nc2=S)CC1. The van der Waals surface area contributed by atoms with Crippen LogP contribution in [0.15, 0.2) is 16.5 Å². The van der Waals surface area contributed by atoms with Gasteiger partial charge in [-0.1, -0.05) is 0 Å². The molecule has 1 amide bonds. The van der Waals surface area contributed by atoms with Crippen molar-refractivity contribution >= 4 is 30.3 Å². The van der Waals surface area contributed by atoms with Crippen molar-refractivity contribution in [3.63, 3.8) is 0 Å². The number of furan rings is 1. The summed E-state index contributed by atoms with van der Waals surface area (Å²) >= 11 is 5.31. The van der Waals surface area contributed by atoms with Crippen LogP contribution in [0.5, 0.6) is 0 Å². The Kier molecular flexibility index (Phi) is 4.96. The summed E-state index contributed by atoms with van der Waals surface area (Å²) in [5.41, 5.74) is 0. The summed E-state index contributed by atoms with van der Waals surface area (Å²) in [6, 6.07) is 3.83. The smallest absolute Gasteiger partial charge is 0.219 e. The van der Waals surface area contributed by atoms with E-state index in [1.807, 2.05) is 40.8 Å². The third-order valence-electron chi connectivity index (χ3n) is 4.02. The van der Waals surface area contributed by atoms with Crippen molar-refractivity contribution in [2.45, 2.75) is 20.5 Å². The largest absolute Gasteiger partial charge is 0.462 e. The van der Waals surface area contributed by atoms with E-state index in [-0.39, 0.29) is 5.91 Å². The standard InChI is InChI=1S/C16H21N5O2S/c1-12-3-4-14(23-12)5-6-15-17-16(24)21(18-15)11-19-7-9-20(10-8-19)13(2)22/h3-6H,7-11H2,1-2H3,(H,17,18,24)/b6-5+. The van der Waals surface area contributed by atoms with Gasteiger partial charge in [-0.3, -0.25) is 14.8 Å². The Morgan fingerprint density at radius 3 is 2.71 bits per heavy atom. The molecule has 0 aromatic carbocycles. The van der Waals surface area contributed by atoms with Crippen LogP contribution >= 0.6 is 12.2 Å². The zero-order chi connectivity index (χ0) is 17.1. The summed E-state index contributed by atoms with van der Waals surface area (Å²) in [7, 11) is 0. The molecule has 2 aromatic heterocycles. The van der Waals surface area contributed by atoms with E-state index in [2.05, 4.69) is 15.0 Å². The lowest BCUT2D eigenvalue weighted by atomic mass is 10.3. The third-order valence-corrected chi connectivity index (χ3v) is 4.33. The summed E-state index contributed by atoms with van der Waals surface area (Å²) in [4.78, 5) is 19.8. The van der Waals surface area contributed by atoms with Gasteiger partial charge >= 0.3 is 0 Å². The first kappa shape index (κ1) is 16.7. The number of aryl methyl sites for hydroxylation is 1. The van der Waals surface area contributed by atoms with Gasteiger partial charge in [0, 0.05) is 33.1 Å². The number of rotatable bonds is 4. The van der Waals surface area contributed by atoms with Crippen LogP contribution in [0.25, 0.3) is 12.2 Å². The van der Waals surface area contributed by atoms with Crippen LogP contribution < -0.4 is 0 Å². The predicted molar refractivity (Wildman–Crippen MR) is 93.6 cm³/mol. The van der Waals surface area contributed by atoms with Crippen LogP contribution in [0.2, 0.25) is 0 Å². The average Bonchev–Trinajstić information content (AvgIpc) is 3.12. The van der Waals surface area contributed by atoms with Crippen molar-refractivity contribution in [3.05, 3.63) is 34.2 Å². The van der Waals surface area contributed by atoms with Gasteiger partial charge in [0.25, 0.3) is 0 Å². The Morgan fingerprint density at radius 1 is 1.33 bits per heavy atom. The number of amides is 1. The van der Waals surface area contributed by atoms with Gasteiger partial charge in [-0.2, -0.15) is 4.98 Å². The highest BCUT2D eigenvalue weighted by molar-refractivity contribution is 7.71. The van der Waals surface area contributed by atoms with E-state index in [4.69, 9.17) is 16.6 Å². The lowest BCUT2D eigenvalue weighted by Crippen LogP contribution is -2.48. The molecule has 3 rings (SSSR count). The van der Waals surface area contributed by atoms with Crippen LogP contribution in [0, 0.1) is 11.7 Å². The van der Waals surface area contributed by atoms with E-state index < -0.39 is 0 Å². The van der Waals surface area contributed by atoms with Gasteiger partial charge in [-0.25, -0.2) is 4.68 Å². The second-order valence-corrected chi connectivity index (χ2v) is 6.23. The van der Waals surface area contributed by atoms with Gasteiger partial charge in [0.2, 0.25) is 10.7 Å². The fourth-order valence-electron chi connectivity index (χ4n) is 2.65. The molecular weight excluding hydrogens is 326 g/mol. The van der Waals surface area contributed by atoms with E-state index in [0.29, 0.717) is 17.3 Å². The fourth-order valence-corrected chi connectivity index (χ4v) is 2.85. The Hall–Kier alpha value is -2.19. The van der Waals surface area contributed by atoms with E-state index in [1.165, 1.54) is 0 Å². The molecule has 0 atom stereocenters. The fraction of sp³-hybridized carbons (Fsp3) is 0.438. The van der Waals surface area contributed by atoms with Gasteiger partial charge in [-0.15, -0.1) is 0 Å². The van der Waals surface area contributed by atoms with E-state index in [9.17, 15) is 4.79 Å². The number of piperazine rings is 1. The Morgan fingerprint density at radius 2 is 2.08 bits per heavy atom. The summed E-state index contributed by atoms with van der Waals surface area (Å²) in [6.07, 6.45) is 3.70. The van der Waals surface area contributed by atoms with E-state index in [1.54, 1.807) is 6.92 Å². The number of nitrogens with one attached hydrogen (secondary N) is 1. The summed E-state index contributed by atoms with van der Waals surface area (Å²) in [5, 5.41) is 3.19. The third kappa shape index (κ3) is 4.01. The second-order valence-electron chi connectivity index (χ2n) is 5.87. The Labute approximate surface area is 145 Å². The number of H-pyrrole nitrogens is 1. The summed E-state index contributed by atoms with van der Waals surface area (Å²) in [6.45, 7) is 7.33. The lowest BCUT2D eigenvalue weighted by Gasteiger charge is -2.33. The molecule has 0 spiro atoms. The Balaban J connectivity index is 1.61. The molecule has 8 heteroatoms. The molecule has 0 radical (unpaired) electrons. The molecule has 1 aliphatic heterocycles. The molecule has 3 heterocycles. The van der Waals surface area contributed by atoms with Gasteiger partial charge in [-0.05, 0) is 43.4 Å². The van der Waals surface area contributed by atoms with Crippen molar-refractivity contribution in [1.29, 1.82) is 0 Å². The normalized spacial score (nSPS) is 16.2. The zero-order valence-electron chi connectivity index (χ0n) is 13.9. The van der Waals surface area contributed by atoms with E-state index in [0.717, 1.165) is 37.7 Å². The predicted octanol–water partition coefficient (Wildman–Crippen LogP) is 2.13. The van der Waals surface area contributed by atoms with E-state index >= 15 is 0 Å². The van der Waals surface area contributed by atoms with Crippen LogP contribution in [-0.2, 0) is 11.5 Å². The first-order chi connectivity index (χ1) is 11.5. The minimum atomic E-state index is 0.133. The molecular formula is C16H21N5O2S. The first-order valence-electron chi connectivity index (χ1n) is 7.90. The minimum Gasteiger partial charge on any atom is -0.462 e. The second kappa shape index (κ2) is 7.14. The van der Waals surface area contributed by atoms with Gasteiger partial charge in [0.15, 0.2) is 0 Å². The van der Waals surface area contributed by atoms with Crippen molar-refractivity contribution in [2.75, 3.05) is 26.2 Å². The maximum absolute atomic E-state index is 11.4. The highest BCUT2D eigenvalue weighted by atomic mass is 32.1. The number of aromatic nitrogens is 3. The number of hydrogen-bond acceptors (Lipinski definition) is 5. The number of carbonyl (C=O) groups excluding carboxylic acids is 1. The van der Waals surface area contributed by atoms with Crippen molar-refractivity contribution < 1.29 is 9.21 Å². The molecule has 1 aliphatic rings. The molecule has 7 nitrogen and oxygen atoms in total. The maximum atomic E-state index is 11.4. The highest BCUT2D eigenvalue weighted by Gasteiger charge is 2.18. The zero-order valence-corrected chi connectivity index (χ0v) is 14.7. The molecule has 128 valence electrons. The lowest BCUT2D eigenvalue weighted by molar-refractivity contribution is -0.130. The van der Waals surface area contributed by atoms with Gasteiger partial charge in [0.1, 0.15) is 17.3 Å². The highest BCUT2D eigenvalue weighted by Crippen LogP contribution is 2.10. The molecule has 1 fully saturated rings. The molecule has 0 saturated carbocycles. The monoisotopic (exact) mass is 347 g/mol. The van der Waals surface area contributed by atoms with Gasteiger partial charge < -0.3 is 9.32 Å². The van der Waals surface area contributed by atoms with Crippen LogP contribution in [0.1, 0.15) is 24.3 Å². The molecule has 0 aliphatic carbocycles. The number of hydrogen-bond donors (Lipinski definition) is 1. The van der Waals surface area contributed by atoms with Crippen molar-refractivity contribution in [1.82, 2.24) is 24.6 Å². The summed E-state index contributed by atoms with van der Waals surface area (Å²) < 4.78 is 7.84. The number of aromatic amines is 1. The quantitative estimate of drug-likeness (QED) is 0.858. The van der Waals surface area contributed by atoms with Crippen LogP contribution in [0.4, 0.5) is 0 Å². The molecule has 1 N–H and O–H groups in total. The van der Waals surface area contributed by atoms with Gasteiger partial charge in [0.05, 0.1) is 6.67 Å². The molecule has 2 aromatic rings. The van der Waals surface area contributed by atoms with Crippen molar-refractivity contribution in [2.24, 2.45) is 0 Å². The van der Waals surface area contributed by atoms with Crippen LogP contribution in [0.3, 0.4) is 0 Å². The molecule has 0 bridgehead atoms. The van der Waals surface area contributed by atoms with Crippen LogP contribution in [-0.4, -0.2) is 56.7 Å².